The zero-order chi connectivity index (χ0) is 17.3. The van der Waals surface area contributed by atoms with E-state index in [2.05, 4.69) is 0 Å². The molecule has 0 aliphatic carbocycles. The molecule has 0 rings (SSSR count). The molecule has 0 aliphatic rings. The van der Waals surface area contributed by atoms with Gasteiger partial charge in [0, 0.05) is 0 Å². The van der Waals surface area contributed by atoms with Crippen LogP contribution in [0.2, 0.25) is 0 Å². The van der Waals surface area contributed by atoms with Gasteiger partial charge >= 0.3 is 11.9 Å². The highest BCUT2D eigenvalue weighted by atomic mass is 16.6. The summed E-state index contributed by atoms with van der Waals surface area (Å²) in [4.78, 5) is 21.3. The lowest BCUT2D eigenvalue weighted by Gasteiger charge is -2.09. The number of carbonyl (C=O) groups is 2. The first-order valence-electron chi connectivity index (χ1n) is 7.74. The molecule has 0 saturated carbocycles. The maximum absolute atomic E-state index is 11.1. The minimum absolute atomic E-state index is 0.109. The number of esters is 1. The number of carboxylic acids is 1. The van der Waals surface area contributed by atoms with E-state index in [1.165, 1.54) is 0 Å². The average molecular weight is 336 g/mol. The lowest BCUT2D eigenvalue weighted by Crippen LogP contribution is -2.15. The summed E-state index contributed by atoms with van der Waals surface area (Å²) in [5, 5.41) is 8.40. The van der Waals surface area contributed by atoms with Crippen LogP contribution in [0.3, 0.4) is 0 Å². The summed E-state index contributed by atoms with van der Waals surface area (Å²) in [6.45, 7) is 7.24. The molecule has 0 bridgehead atoms. The fourth-order valence-corrected chi connectivity index (χ4v) is 1.38. The van der Waals surface area contributed by atoms with Gasteiger partial charge in [-0.3, -0.25) is 9.59 Å². The van der Waals surface area contributed by atoms with Gasteiger partial charge in [-0.25, -0.2) is 0 Å². The van der Waals surface area contributed by atoms with Crippen molar-refractivity contribution in [1.82, 2.24) is 0 Å². The molecule has 8 heteroatoms. The van der Waals surface area contributed by atoms with Crippen LogP contribution in [0.5, 0.6) is 0 Å². The zero-order valence-electron chi connectivity index (χ0n) is 14.0. The predicted molar refractivity (Wildman–Crippen MR) is 81.4 cm³/mol. The van der Waals surface area contributed by atoms with Crippen LogP contribution in [-0.2, 0) is 33.3 Å². The topological polar surface area (TPSA) is 101 Å². The Balaban J connectivity index is 3.13. The molecule has 0 atom stereocenters. The van der Waals surface area contributed by atoms with Crippen molar-refractivity contribution in [2.75, 3.05) is 52.9 Å². The second kappa shape index (κ2) is 15.7. The smallest absolute Gasteiger partial charge is 0.306 e. The number of aliphatic carboxylic acids is 1. The lowest BCUT2D eigenvalue weighted by molar-refractivity contribution is -0.149. The summed E-state index contributed by atoms with van der Waals surface area (Å²) in [5.41, 5.74) is 0. The SMILES string of the molecule is CC(C)OCCOCCOCCOCCOC(=O)CCC(=O)O. The van der Waals surface area contributed by atoms with E-state index in [0.717, 1.165) is 0 Å². The second-order valence-electron chi connectivity index (χ2n) is 4.87. The minimum atomic E-state index is -1.02. The van der Waals surface area contributed by atoms with E-state index in [1.54, 1.807) is 0 Å². The van der Waals surface area contributed by atoms with Gasteiger partial charge in [-0.15, -0.1) is 0 Å². The Kier molecular flexibility index (Phi) is 14.8. The minimum Gasteiger partial charge on any atom is -0.481 e. The van der Waals surface area contributed by atoms with Crippen LogP contribution in [0, 0.1) is 0 Å². The van der Waals surface area contributed by atoms with Gasteiger partial charge in [0.05, 0.1) is 65.2 Å². The molecule has 0 radical (unpaired) electrons. The van der Waals surface area contributed by atoms with Crippen molar-refractivity contribution in [3.63, 3.8) is 0 Å². The molecule has 0 fully saturated rings. The van der Waals surface area contributed by atoms with Crippen LogP contribution in [0.1, 0.15) is 26.7 Å². The quantitative estimate of drug-likeness (QED) is 0.327. The molecular formula is C15H28O8. The Morgan fingerprint density at radius 1 is 0.783 bits per heavy atom. The summed E-state index contributed by atoms with van der Waals surface area (Å²) in [6.07, 6.45) is -0.136. The molecular weight excluding hydrogens is 308 g/mol. The Labute approximate surface area is 137 Å². The average Bonchev–Trinajstić information content (AvgIpc) is 2.49. The van der Waals surface area contributed by atoms with Crippen LogP contribution in [-0.4, -0.2) is 76.0 Å². The Morgan fingerprint density at radius 2 is 1.26 bits per heavy atom. The van der Waals surface area contributed by atoms with Gasteiger partial charge in [-0.05, 0) is 13.8 Å². The van der Waals surface area contributed by atoms with Crippen molar-refractivity contribution in [2.24, 2.45) is 0 Å². The van der Waals surface area contributed by atoms with Gasteiger partial charge in [0.15, 0.2) is 0 Å². The summed E-state index contributed by atoms with van der Waals surface area (Å²) in [7, 11) is 0. The molecule has 0 unspecified atom stereocenters. The van der Waals surface area contributed by atoms with Crippen molar-refractivity contribution in [3.8, 4) is 0 Å². The lowest BCUT2D eigenvalue weighted by atomic mass is 10.3. The molecule has 0 spiro atoms. The van der Waals surface area contributed by atoms with Crippen molar-refractivity contribution in [1.29, 1.82) is 0 Å². The van der Waals surface area contributed by atoms with Crippen LogP contribution >= 0.6 is 0 Å². The van der Waals surface area contributed by atoms with E-state index in [4.69, 9.17) is 28.8 Å². The molecule has 1 N–H and O–H groups in total. The largest absolute Gasteiger partial charge is 0.481 e. The van der Waals surface area contributed by atoms with Crippen molar-refractivity contribution in [2.45, 2.75) is 32.8 Å². The second-order valence-corrected chi connectivity index (χ2v) is 4.87. The fourth-order valence-electron chi connectivity index (χ4n) is 1.38. The number of carboxylic acid groups (broad SMARTS) is 1. The molecule has 0 aliphatic heterocycles. The highest BCUT2D eigenvalue weighted by molar-refractivity contribution is 5.76. The van der Waals surface area contributed by atoms with Gasteiger partial charge in [0.2, 0.25) is 0 Å². The van der Waals surface area contributed by atoms with Gasteiger partial charge < -0.3 is 28.8 Å². The van der Waals surface area contributed by atoms with Gasteiger partial charge in [0.25, 0.3) is 0 Å². The summed E-state index contributed by atoms with van der Waals surface area (Å²) in [6, 6.07) is 0. The zero-order valence-corrected chi connectivity index (χ0v) is 14.0. The van der Waals surface area contributed by atoms with Gasteiger partial charge in [-0.1, -0.05) is 0 Å². The third kappa shape index (κ3) is 18.7. The van der Waals surface area contributed by atoms with E-state index < -0.39 is 11.9 Å². The maximum Gasteiger partial charge on any atom is 0.306 e. The summed E-state index contributed by atoms with van der Waals surface area (Å²) in [5.74, 6) is -1.56. The normalized spacial score (nSPS) is 10.9. The Morgan fingerprint density at radius 3 is 1.74 bits per heavy atom. The van der Waals surface area contributed by atoms with Crippen LogP contribution in [0.15, 0.2) is 0 Å². The standard InChI is InChI=1S/C15H28O8/c1-13(2)22-11-9-20-7-5-19-6-8-21-10-12-23-15(18)4-3-14(16)17/h13H,3-12H2,1-2H3,(H,16,17). The number of hydrogen-bond donors (Lipinski definition) is 1. The Bertz CT molecular complexity index is 306. The monoisotopic (exact) mass is 336 g/mol. The van der Waals surface area contributed by atoms with E-state index >= 15 is 0 Å². The number of ether oxygens (including phenoxy) is 5. The van der Waals surface area contributed by atoms with Crippen LogP contribution in [0.25, 0.3) is 0 Å². The summed E-state index contributed by atoms with van der Waals surface area (Å²) < 4.78 is 25.9. The Hall–Kier alpha value is -1.22. The highest BCUT2D eigenvalue weighted by Gasteiger charge is 2.05. The molecule has 0 saturated heterocycles. The third-order valence-electron chi connectivity index (χ3n) is 2.46. The maximum atomic E-state index is 11.1. The van der Waals surface area contributed by atoms with Crippen LogP contribution < -0.4 is 0 Å². The van der Waals surface area contributed by atoms with E-state index in [0.29, 0.717) is 39.6 Å². The molecule has 0 aromatic rings. The van der Waals surface area contributed by atoms with Crippen LogP contribution in [0.4, 0.5) is 0 Å². The number of hydrogen-bond acceptors (Lipinski definition) is 7. The first kappa shape index (κ1) is 21.8. The van der Waals surface area contributed by atoms with Gasteiger partial charge in [-0.2, -0.15) is 0 Å². The molecule has 0 aromatic heterocycles. The van der Waals surface area contributed by atoms with Crippen molar-refractivity contribution in [3.05, 3.63) is 0 Å². The van der Waals surface area contributed by atoms with Gasteiger partial charge in [0.1, 0.15) is 6.61 Å². The molecule has 136 valence electrons. The number of carbonyl (C=O) groups excluding carboxylic acids is 1. The van der Waals surface area contributed by atoms with Crippen molar-refractivity contribution < 1.29 is 38.4 Å². The van der Waals surface area contributed by atoms with E-state index in [9.17, 15) is 9.59 Å². The third-order valence-corrected chi connectivity index (χ3v) is 2.46. The first-order valence-corrected chi connectivity index (χ1v) is 7.74. The molecule has 0 aromatic carbocycles. The van der Waals surface area contributed by atoms with Crippen molar-refractivity contribution >= 4 is 11.9 Å². The highest BCUT2D eigenvalue weighted by Crippen LogP contribution is 1.93. The predicted octanol–water partition coefficient (Wildman–Crippen LogP) is 0.869. The fraction of sp³-hybridized carbons (Fsp3) is 0.867. The summed E-state index contributed by atoms with van der Waals surface area (Å²) >= 11 is 0. The molecule has 8 nitrogen and oxygen atoms in total. The molecule has 0 heterocycles. The van der Waals surface area contributed by atoms with E-state index in [-0.39, 0.29) is 32.2 Å². The molecule has 0 amide bonds. The number of rotatable bonds is 16. The van der Waals surface area contributed by atoms with E-state index in [1.807, 2.05) is 13.8 Å². The molecule has 23 heavy (non-hydrogen) atoms. The first-order chi connectivity index (χ1) is 11.0.